The van der Waals surface area contributed by atoms with E-state index in [1.807, 2.05) is 0 Å². The summed E-state index contributed by atoms with van der Waals surface area (Å²) in [6.45, 7) is 1.33. The monoisotopic (exact) mass is 239 g/mol. The Kier molecular flexibility index (Phi) is 3.92. The summed E-state index contributed by atoms with van der Waals surface area (Å²) in [4.78, 5) is 22.2. The molecule has 1 unspecified atom stereocenters. The van der Waals surface area contributed by atoms with Crippen LogP contribution in [0.2, 0.25) is 0 Å². The molecule has 0 saturated heterocycles. The number of amides is 1. The van der Waals surface area contributed by atoms with Gasteiger partial charge in [0.25, 0.3) is 5.91 Å². The Bertz CT molecular complexity index is 443. The second-order valence-electron chi connectivity index (χ2n) is 3.42. The first kappa shape index (κ1) is 12.8. The van der Waals surface area contributed by atoms with Crippen LogP contribution in [0, 0.1) is 0 Å². The minimum atomic E-state index is -1.15. The van der Waals surface area contributed by atoms with E-state index in [0.717, 1.165) is 0 Å². The van der Waals surface area contributed by atoms with E-state index in [1.54, 1.807) is 0 Å². The third kappa shape index (κ3) is 3.10. The predicted octanol–water partition coefficient (Wildman–Crippen LogP) is 0.604. The summed E-state index contributed by atoms with van der Waals surface area (Å²) in [6, 6.07) is 3.11. The van der Waals surface area contributed by atoms with Crippen molar-refractivity contribution in [2.45, 2.75) is 13.0 Å². The average molecular weight is 239 g/mol. The molecule has 1 aromatic rings. The maximum atomic E-state index is 11.6. The van der Waals surface area contributed by atoms with Gasteiger partial charge in [-0.2, -0.15) is 0 Å². The van der Waals surface area contributed by atoms with Gasteiger partial charge >= 0.3 is 5.97 Å². The zero-order valence-corrected chi connectivity index (χ0v) is 9.43. The van der Waals surface area contributed by atoms with Gasteiger partial charge in [0.15, 0.2) is 0 Å². The van der Waals surface area contributed by atoms with E-state index in [0.29, 0.717) is 5.75 Å². The van der Waals surface area contributed by atoms with E-state index in [-0.39, 0.29) is 11.3 Å². The molecular weight excluding hydrogens is 226 g/mol. The molecule has 1 aromatic carbocycles. The normalized spacial score (nSPS) is 11.6. The highest BCUT2D eigenvalue weighted by atomic mass is 16.5. The van der Waals surface area contributed by atoms with E-state index in [1.165, 1.54) is 32.2 Å². The van der Waals surface area contributed by atoms with Crippen molar-refractivity contribution in [3.63, 3.8) is 0 Å². The summed E-state index contributed by atoms with van der Waals surface area (Å²) < 4.78 is 4.86. The zero-order valence-electron chi connectivity index (χ0n) is 9.43. The molecule has 3 N–H and O–H groups in total. The van der Waals surface area contributed by atoms with Gasteiger partial charge in [-0.3, -0.25) is 9.59 Å². The predicted molar refractivity (Wildman–Crippen MR) is 59.2 cm³/mol. The number of nitrogens with one attached hydrogen (secondary N) is 1. The number of aliphatic carboxylic acids is 1. The molecule has 92 valence electrons. The lowest BCUT2D eigenvalue weighted by molar-refractivity contribution is -0.138. The first-order chi connectivity index (χ1) is 7.95. The highest BCUT2D eigenvalue weighted by Gasteiger charge is 2.17. The molecule has 17 heavy (non-hydrogen) atoms. The van der Waals surface area contributed by atoms with Crippen molar-refractivity contribution in [3.05, 3.63) is 23.8 Å². The van der Waals surface area contributed by atoms with Crippen molar-refractivity contribution in [1.82, 2.24) is 5.32 Å². The SMILES string of the molecule is COc1ccc(C(=O)NC(C)C(=O)O)c(O)c1. The van der Waals surface area contributed by atoms with Crippen LogP contribution in [0.4, 0.5) is 0 Å². The smallest absolute Gasteiger partial charge is 0.325 e. The van der Waals surface area contributed by atoms with Crippen LogP contribution >= 0.6 is 0 Å². The minimum Gasteiger partial charge on any atom is -0.507 e. The number of rotatable bonds is 4. The number of phenolic OH excluding ortho intramolecular Hbond substituents is 1. The van der Waals surface area contributed by atoms with E-state index in [2.05, 4.69) is 5.32 Å². The van der Waals surface area contributed by atoms with Gasteiger partial charge in [-0.15, -0.1) is 0 Å². The highest BCUT2D eigenvalue weighted by Crippen LogP contribution is 2.23. The summed E-state index contributed by atoms with van der Waals surface area (Å²) in [5.41, 5.74) is -0.00102. The number of carboxylic acids is 1. The van der Waals surface area contributed by atoms with Gasteiger partial charge in [0, 0.05) is 6.07 Å². The first-order valence-electron chi connectivity index (χ1n) is 4.86. The molecule has 0 aliphatic heterocycles. The summed E-state index contributed by atoms with van der Waals surface area (Å²) in [6.07, 6.45) is 0. The van der Waals surface area contributed by atoms with Gasteiger partial charge in [-0.1, -0.05) is 0 Å². The number of hydrogen-bond acceptors (Lipinski definition) is 4. The van der Waals surface area contributed by atoms with Crippen LogP contribution in [-0.4, -0.2) is 35.2 Å². The lowest BCUT2D eigenvalue weighted by Gasteiger charge is -2.10. The van der Waals surface area contributed by atoms with Crippen LogP contribution in [0.15, 0.2) is 18.2 Å². The lowest BCUT2D eigenvalue weighted by atomic mass is 10.1. The number of benzene rings is 1. The molecule has 0 aromatic heterocycles. The maximum absolute atomic E-state index is 11.6. The van der Waals surface area contributed by atoms with Gasteiger partial charge in [-0.05, 0) is 19.1 Å². The molecular formula is C11H13NO5. The lowest BCUT2D eigenvalue weighted by Crippen LogP contribution is -2.38. The van der Waals surface area contributed by atoms with Crippen LogP contribution in [0.25, 0.3) is 0 Å². The molecule has 0 aliphatic carbocycles. The Balaban J connectivity index is 2.86. The van der Waals surface area contributed by atoms with Crippen molar-refractivity contribution < 1.29 is 24.5 Å². The van der Waals surface area contributed by atoms with Crippen LogP contribution < -0.4 is 10.1 Å². The fraction of sp³-hybridized carbons (Fsp3) is 0.273. The van der Waals surface area contributed by atoms with Gasteiger partial charge < -0.3 is 20.3 Å². The quantitative estimate of drug-likeness (QED) is 0.715. The summed E-state index contributed by atoms with van der Waals surface area (Å²) >= 11 is 0. The Hall–Kier alpha value is -2.24. The molecule has 0 fully saturated rings. The van der Waals surface area contributed by atoms with Crippen LogP contribution in [-0.2, 0) is 4.79 Å². The molecule has 0 spiro atoms. The molecule has 0 aliphatic rings. The fourth-order valence-corrected chi connectivity index (χ4v) is 1.17. The molecule has 6 nitrogen and oxygen atoms in total. The second kappa shape index (κ2) is 5.20. The van der Waals surface area contributed by atoms with Crippen LogP contribution in [0.3, 0.4) is 0 Å². The average Bonchev–Trinajstić information content (AvgIpc) is 2.28. The number of methoxy groups -OCH3 is 1. The molecule has 1 atom stereocenters. The van der Waals surface area contributed by atoms with Gasteiger partial charge in [0.1, 0.15) is 17.5 Å². The molecule has 0 radical (unpaired) electrons. The minimum absolute atomic E-state index is 0.00102. The Morgan fingerprint density at radius 2 is 2.06 bits per heavy atom. The Morgan fingerprint density at radius 3 is 2.53 bits per heavy atom. The summed E-state index contributed by atoms with van der Waals surface area (Å²) in [7, 11) is 1.43. The van der Waals surface area contributed by atoms with Crippen molar-refractivity contribution >= 4 is 11.9 Å². The van der Waals surface area contributed by atoms with E-state index in [4.69, 9.17) is 9.84 Å². The number of carbonyl (C=O) groups excluding carboxylic acids is 1. The molecule has 0 bridgehead atoms. The maximum Gasteiger partial charge on any atom is 0.325 e. The van der Waals surface area contributed by atoms with Gasteiger partial charge in [0.2, 0.25) is 0 Å². The highest BCUT2D eigenvalue weighted by molar-refractivity contribution is 5.98. The van der Waals surface area contributed by atoms with Crippen LogP contribution in [0.1, 0.15) is 17.3 Å². The molecule has 1 amide bonds. The Labute approximate surface area is 97.8 Å². The van der Waals surface area contributed by atoms with Crippen molar-refractivity contribution in [2.24, 2.45) is 0 Å². The number of hydrogen-bond donors (Lipinski definition) is 3. The van der Waals surface area contributed by atoms with Crippen molar-refractivity contribution in [3.8, 4) is 11.5 Å². The zero-order chi connectivity index (χ0) is 13.0. The van der Waals surface area contributed by atoms with Gasteiger partial charge in [-0.25, -0.2) is 0 Å². The number of carboxylic acid groups (broad SMARTS) is 1. The molecule has 0 saturated carbocycles. The summed E-state index contributed by atoms with van der Waals surface area (Å²) in [5.74, 6) is -1.66. The number of carbonyl (C=O) groups is 2. The third-order valence-electron chi connectivity index (χ3n) is 2.17. The molecule has 0 heterocycles. The van der Waals surface area contributed by atoms with E-state index < -0.39 is 17.9 Å². The largest absolute Gasteiger partial charge is 0.507 e. The third-order valence-corrected chi connectivity index (χ3v) is 2.17. The Morgan fingerprint density at radius 1 is 1.41 bits per heavy atom. The summed E-state index contributed by atoms with van der Waals surface area (Å²) in [5, 5.41) is 20.4. The number of ether oxygens (including phenoxy) is 1. The topological polar surface area (TPSA) is 95.9 Å². The van der Waals surface area contributed by atoms with Crippen molar-refractivity contribution in [1.29, 1.82) is 0 Å². The molecule has 6 heteroatoms. The van der Waals surface area contributed by atoms with Crippen molar-refractivity contribution in [2.75, 3.05) is 7.11 Å². The van der Waals surface area contributed by atoms with E-state index >= 15 is 0 Å². The number of phenols is 1. The van der Waals surface area contributed by atoms with Crippen LogP contribution in [0.5, 0.6) is 11.5 Å². The standard InChI is InChI=1S/C11H13NO5/c1-6(11(15)16)12-10(14)8-4-3-7(17-2)5-9(8)13/h3-6,13H,1-2H3,(H,12,14)(H,15,16). The first-order valence-corrected chi connectivity index (χ1v) is 4.86. The molecule has 1 rings (SSSR count). The second-order valence-corrected chi connectivity index (χ2v) is 3.42. The van der Waals surface area contributed by atoms with Gasteiger partial charge in [0.05, 0.1) is 12.7 Å². The van der Waals surface area contributed by atoms with E-state index in [9.17, 15) is 14.7 Å². The fourth-order valence-electron chi connectivity index (χ4n) is 1.17. The number of aromatic hydroxyl groups is 1.